The zero-order valence-corrected chi connectivity index (χ0v) is 11.6. The Kier molecular flexibility index (Phi) is 3.78. The van der Waals surface area contributed by atoms with E-state index in [0.29, 0.717) is 6.04 Å². The summed E-state index contributed by atoms with van der Waals surface area (Å²) in [5.74, 6) is 1.59. The van der Waals surface area contributed by atoms with E-state index in [2.05, 4.69) is 20.1 Å². The maximum absolute atomic E-state index is 13.0. The molecule has 1 saturated heterocycles. The highest BCUT2D eigenvalue weighted by Gasteiger charge is 2.26. The van der Waals surface area contributed by atoms with Gasteiger partial charge in [0.15, 0.2) is 0 Å². The molecule has 0 aliphatic carbocycles. The number of hydrogen-bond donors (Lipinski definition) is 1. The first-order valence-corrected chi connectivity index (χ1v) is 7.16. The summed E-state index contributed by atoms with van der Waals surface area (Å²) in [4.78, 5) is 6.85. The van der Waals surface area contributed by atoms with E-state index >= 15 is 0 Å². The summed E-state index contributed by atoms with van der Waals surface area (Å²) < 4.78 is 13.0. The normalized spacial score (nSPS) is 19.6. The molecule has 0 amide bonds. The van der Waals surface area contributed by atoms with E-state index in [0.717, 1.165) is 44.0 Å². The molecule has 5 heteroatoms. The third-order valence-corrected chi connectivity index (χ3v) is 3.87. The Balaban J connectivity index is 1.73. The molecule has 1 atom stereocenters. The van der Waals surface area contributed by atoms with E-state index in [1.54, 1.807) is 0 Å². The number of benzene rings is 1. The average molecular weight is 274 g/mol. The summed E-state index contributed by atoms with van der Waals surface area (Å²) in [7, 11) is 0. The molecule has 1 fully saturated rings. The number of aromatic amines is 1. The van der Waals surface area contributed by atoms with Gasteiger partial charge in [0.2, 0.25) is 0 Å². The van der Waals surface area contributed by atoms with Gasteiger partial charge >= 0.3 is 0 Å². The van der Waals surface area contributed by atoms with Gasteiger partial charge in [0.25, 0.3) is 0 Å². The summed E-state index contributed by atoms with van der Waals surface area (Å²) >= 11 is 0. The lowest BCUT2D eigenvalue weighted by Crippen LogP contribution is -2.23. The van der Waals surface area contributed by atoms with Crippen molar-refractivity contribution >= 4 is 0 Å². The standard InChI is InChI=1S/C15H19FN4/c1-2-14-17-15(19-18-14)10-20-9-3-4-13(20)11-5-7-12(16)8-6-11/h5-8,13H,2-4,9-10H2,1H3,(H,17,18,19). The molecular formula is C15H19FN4. The minimum atomic E-state index is -0.180. The Bertz CT molecular complexity index is 564. The van der Waals surface area contributed by atoms with Gasteiger partial charge in [-0.2, -0.15) is 5.10 Å². The van der Waals surface area contributed by atoms with Crippen molar-refractivity contribution < 1.29 is 4.39 Å². The maximum Gasteiger partial charge on any atom is 0.150 e. The fourth-order valence-corrected chi connectivity index (χ4v) is 2.83. The highest BCUT2D eigenvalue weighted by atomic mass is 19.1. The van der Waals surface area contributed by atoms with E-state index in [4.69, 9.17) is 0 Å². The molecule has 1 N–H and O–H groups in total. The summed E-state index contributed by atoms with van der Waals surface area (Å²) in [6, 6.07) is 7.20. The van der Waals surface area contributed by atoms with E-state index in [1.807, 2.05) is 19.1 Å². The lowest BCUT2D eigenvalue weighted by Gasteiger charge is -2.23. The van der Waals surface area contributed by atoms with Gasteiger partial charge in [-0.1, -0.05) is 19.1 Å². The molecular weight excluding hydrogens is 255 g/mol. The van der Waals surface area contributed by atoms with Crippen LogP contribution in [0.5, 0.6) is 0 Å². The van der Waals surface area contributed by atoms with Crippen molar-refractivity contribution in [3.8, 4) is 0 Å². The van der Waals surface area contributed by atoms with Gasteiger partial charge < -0.3 is 0 Å². The fraction of sp³-hybridized carbons (Fsp3) is 0.467. The van der Waals surface area contributed by atoms with Crippen LogP contribution in [0.1, 0.15) is 43.0 Å². The zero-order chi connectivity index (χ0) is 13.9. The monoisotopic (exact) mass is 274 g/mol. The number of aryl methyl sites for hydroxylation is 1. The average Bonchev–Trinajstić information content (AvgIpc) is 3.09. The van der Waals surface area contributed by atoms with Crippen molar-refractivity contribution in [2.75, 3.05) is 6.54 Å². The number of nitrogens with zero attached hydrogens (tertiary/aromatic N) is 3. The van der Waals surface area contributed by atoms with Gasteiger partial charge in [0.1, 0.15) is 17.5 Å². The molecule has 3 rings (SSSR count). The van der Waals surface area contributed by atoms with Crippen molar-refractivity contribution in [3.63, 3.8) is 0 Å². The molecule has 0 radical (unpaired) electrons. The molecule has 2 heterocycles. The van der Waals surface area contributed by atoms with Gasteiger partial charge in [-0.05, 0) is 37.1 Å². The first-order chi connectivity index (χ1) is 9.76. The Morgan fingerprint density at radius 3 is 2.85 bits per heavy atom. The van der Waals surface area contributed by atoms with Crippen LogP contribution in [0.2, 0.25) is 0 Å². The summed E-state index contributed by atoms with van der Waals surface area (Å²) in [6.45, 7) is 3.86. The predicted molar refractivity (Wildman–Crippen MR) is 74.5 cm³/mol. The molecule has 1 aliphatic rings. The minimum Gasteiger partial charge on any atom is -0.289 e. The van der Waals surface area contributed by atoms with Crippen LogP contribution in [0.15, 0.2) is 24.3 Å². The number of nitrogens with one attached hydrogen (secondary N) is 1. The molecule has 0 spiro atoms. The second-order valence-electron chi connectivity index (χ2n) is 5.23. The van der Waals surface area contributed by atoms with Gasteiger partial charge in [0.05, 0.1) is 6.54 Å². The first kappa shape index (κ1) is 13.2. The predicted octanol–water partition coefficient (Wildman–Crippen LogP) is 2.84. The van der Waals surface area contributed by atoms with Crippen LogP contribution >= 0.6 is 0 Å². The van der Waals surface area contributed by atoms with Gasteiger partial charge in [-0.25, -0.2) is 9.37 Å². The lowest BCUT2D eigenvalue weighted by molar-refractivity contribution is 0.242. The molecule has 1 aromatic carbocycles. The van der Waals surface area contributed by atoms with Crippen LogP contribution in [-0.4, -0.2) is 26.6 Å². The van der Waals surface area contributed by atoms with Gasteiger partial charge in [-0.3, -0.25) is 10.00 Å². The van der Waals surface area contributed by atoms with E-state index in [9.17, 15) is 4.39 Å². The smallest absolute Gasteiger partial charge is 0.150 e. The van der Waals surface area contributed by atoms with Crippen molar-refractivity contribution in [1.82, 2.24) is 20.1 Å². The Hall–Kier alpha value is -1.75. The second kappa shape index (κ2) is 5.71. The summed E-state index contributed by atoms with van der Waals surface area (Å²) in [6.07, 6.45) is 3.12. The number of halogens is 1. The fourth-order valence-electron chi connectivity index (χ4n) is 2.83. The van der Waals surface area contributed by atoms with Crippen LogP contribution in [0, 0.1) is 5.82 Å². The van der Waals surface area contributed by atoms with Crippen molar-refractivity contribution in [2.24, 2.45) is 0 Å². The SMILES string of the molecule is CCc1n[nH]c(CN2CCCC2c2ccc(F)cc2)n1. The Morgan fingerprint density at radius 1 is 1.35 bits per heavy atom. The van der Waals surface area contributed by atoms with Gasteiger partial charge in [-0.15, -0.1) is 0 Å². The number of aromatic nitrogens is 3. The van der Waals surface area contributed by atoms with Crippen molar-refractivity contribution in [3.05, 3.63) is 47.3 Å². The third kappa shape index (κ3) is 2.72. The van der Waals surface area contributed by atoms with E-state index < -0.39 is 0 Å². The molecule has 1 aromatic heterocycles. The molecule has 1 aliphatic heterocycles. The highest BCUT2D eigenvalue weighted by molar-refractivity contribution is 5.21. The molecule has 20 heavy (non-hydrogen) atoms. The van der Waals surface area contributed by atoms with Crippen molar-refractivity contribution in [1.29, 1.82) is 0 Å². The molecule has 4 nitrogen and oxygen atoms in total. The van der Waals surface area contributed by atoms with Crippen LogP contribution in [-0.2, 0) is 13.0 Å². The molecule has 0 bridgehead atoms. The van der Waals surface area contributed by atoms with Crippen molar-refractivity contribution in [2.45, 2.75) is 38.8 Å². The first-order valence-electron chi connectivity index (χ1n) is 7.16. The molecule has 2 aromatic rings. The zero-order valence-electron chi connectivity index (χ0n) is 11.6. The maximum atomic E-state index is 13.0. The van der Waals surface area contributed by atoms with E-state index in [-0.39, 0.29) is 5.82 Å². The Labute approximate surface area is 118 Å². The van der Waals surface area contributed by atoms with Crippen LogP contribution in [0.3, 0.4) is 0 Å². The third-order valence-electron chi connectivity index (χ3n) is 3.87. The number of hydrogen-bond acceptors (Lipinski definition) is 3. The highest BCUT2D eigenvalue weighted by Crippen LogP contribution is 2.32. The largest absolute Gasteiger partial charge is 0.289 e. The number of likely N-dealkylation sites (tertiary alicyclic amines) is 1. The minimum absolute atomic E-state index is 0.180. The second-order valence-corrected chi connectivity index (χ2v) is 5.23. The van der Waals surface area contributed by atoms with Crippen LogP contribution in [0.4, 0.5) is 4.39 Å². The number of H-pyrrole nitrogens is 1. The van der Waals surface area contributed by atoms with Gasteiger partial charge in [0, 0.05) is 12.5 Å². The summed E-state index contributed by atoms with van der Waals surface area (Å²) in [5.41, 5.74) is 1.18. The molecule has 0 saturated carbocycles. The molecule has 1 unspecified atom stereocenters. The summed E-state index contributed by atoms with van der Waals surface area (Å²) in [5, 5.41) is 7.18. The number of rotatable bonds is 4. The molecule has 106 valence electrons. The Morgan fingerprint density at radius 2 is 2.15 bits per heavy atom. The topological polar surface area (TPSA) is 44.8 Å². The van der Waals surface area contributed by atoms with E-state index in [1.165, 1.54) is 17.7 Å². The van der Waals surface area contributed by atoms with Crippen LogP contribution in [0.25, 0.3) is 0 Å². The van der Waals surface area contributed by atoms with Crippen LogP contribution < -0.4 is 0 Å². The lowest BCUT2D eigenvalue weighted by atomic mass is 10.0. The quantitative estimate of drug-likeness (QED) is 0.932.